The number of methoxy groups -OCH3 is 1. The maximum Gasteiger partial charge on any atom is 0.273 e. The number of rotatable bonds is 4. The van der Waals surface area contributed by atoms with E-state index in [1.165, 1.54) is 11.8 Å². The van der Waals surface area contributed by atoms with Gasteiger partial charge in [0.2, 0.25) is 5.95 Å². The Hall–Kier alpha value is -2.28. The molecule has 128 valence electrons. The quantitative estimate of drug-likeness (QED) is 0.931. The van der Waals surface area contributed by atoms with Crippen molar-refractivity contribution in [3.05, 3.63) is 36.5 Å². The molecule has 2 heterocycles. The maximum atomic E-state index is 14.3. The van der Waals surface area contributed by atoms with Crippen molar-refractivity contribution in [2.45, 2.75) is 12.8 Å². The highest BCUT2D eigenvalue weighted by molar-refractivity contribution is 5.67. The molecule has 1 aromatic heterocycles. The zero-order chi connectivity index (χ0) is 17.4. The van der Waals surface area contributed by atoms with Crippen LogP contribution >= 0.6 is 0 Å². The van der Waals surface area contributed by atoms with Gasteiger partial charge in [-0.05, 0) is 18.2 Å². The molecule has 0 radical (unpaired) electrons. The third kappa shape index (κ3) is 2.69. The van der Waals surface area contributed by atoms with Crippen LogP contribution in [0.15, 0.2) is 36.5 Å². The number of aromatic nitrogens is 2. The van der Waals surface area contributed by atoms with Crippen molar-refractivity contribution in [2.75, 3.05) is 31.6 Å². The molecule has 1 aliphatic heterocycles. The Morgan fingerprint density at radius 1 is 1.25 bits per heavy atom. The maximum absolute atomic E-state index is 14.3. The molecule has 1 unspecified atom stereocenters. The molecule has 0 amide bonds. The van der Waals surface area contributed by atoms with Gasteiger partial charge in [0.15, 0.2) is 0 Å². The van der Waals surface area contributed by atoms with E-state index in [0.717, 1.165) is 5.56 Å². The summed E-state index contributed by atoms with van der Waals surface area (Å²) in [6.07, 6.45) is 1.57. The first-order valence-electron chi connectivity index (χ1n) is 7.69. The minimum atomic E-state index is -2.88. The number of alkyl halides is 2. The van der Waals surface area contributed by atoms with Crippen LogP contribution in [0.3, 0.4) is 0 Å². The fraction of sp³-hybridized carbons (Fsp3) is 0.412. The van der Waals surface area contributed by atoms with Crippen molar-refractivity contribution in [3.8, 4) is 17.0 Å². The number of para-hydroxylation sites is 1. The summed E-state index contributed by atoms with van der Waals surface area (Å²) in [5.74, 6) is -1.94. The first-order chi connectivity index (χ1) is 11.4. The Balaban J connectivity index is 1.95. The van der Waals surface area contributed by atoms with E-state index in [-0.39, 0.29) is 19.0 Å². The van der Waals surface area contributed by atoms with E-state index < -0.39 is 17.9 Å². The second-order valence-corrected chi connectivity index (χ2v) is 6.27. The van der Waals surface area contributed by atoms with Crippen LogP contribution in [0.5, 0.6) is 5.75 Å². The second-order valence-electron chi connectivity index (χ2n) is 6.27. The fourth-order valence-corrected chi connectivity index (χ4v) is 2.89. The van der Waals surface area contributed by atoms with Gasteiger partial charge < -0.3 is 15.4 Å². The monoisotopic (exact) mass is 334 g/mol. The lowest BCUT2D eigenvalue weighted by Gasteiger charge is -2.27. The fourth-order valence-electron chi connectivity index (χ4n) is 2.89. The van der Waals surface area contributed by atoms with Crippen LogP contribution in [0.2, 0.25) is 0 Å². The molecule has 0 aliphatic carbocycles. The SMILES string of the molecule is COc1ccccc1-c1ccnc(N2CC(F)(F)C(C)(CN)C2)n1. The third-order valence-electron chi connectivity index (χ3n) is 4.57. The van der Waals surface area contributed by atoms with E-state index in [0.29, 0.717) is 11.4 Å². The van der Waals surface area contributed by atoms with E-state index in [4.69, 9.17) is 10.5 Å². The van der Waals surface area contributed by atoms with Crippen LogP contribution in [-0.2, 0) is 0 Å². The van der Waals surface area contributed by atoms with Crippen molar-refractivity contribution in [1.82, 2.24) is 9.97 Å². The van der Waals surface area contributed by atoms with Crippen LogP contribution in [-0.4, -0.2) is 42.6 Å². The number of nitrogens with zero attached hydrogens (tertiary/aromatic N) is 3. The molecule has 1 saturated heterocycles. The predicted octanol–water partition coefficient (Wildman–Crippen LogP) is 2.57. The summed E-state index contributed by atoms with van der Waals surface area (Å²) in [5, 5.41) is 0. The largest absolute Gasteiger partial charge is 0.496 e. The Bertz CT molecular complexity index is 740. The van der Waals surface area contributed by atoms with Crippen molar-refractivity contribution < 1.29 is 13.5 Å². The Kier molecular flexibility index (Phi) is 4.13. The first kappa shape index (κ1) is 16.6. The lowest BCUT2D eigenvalue weighted by atomic mass is 9.86. The summed E-state index contributed by atoms with van der Waals surface area (Å²) in [4.78, 5) is 10.1. The standard InChI is InChI=1S/C17H20F2N4O/c1-16(9-20)10-23(11-17(16,18)19)15-21-8-7-13(22-15)12-5-3-4-6-14(12)24-2/h3-8H,9-11,20H2,1-2H3. The van der Waals surface area contributed by atoms with Crippen LogP contribution in [0, 0.1) is 5.41 Å². The van der Waals surface area contributed by atoms with Gasteiger partial charge in [0.25, 0.3) is 5.92 Å². The molecule has 1 aromatic carbocycles. The number of hydrogen-bond donors (Lipinski definition) is 1. The zero-order valence-electron chi connectivity index (χ0n) is 13.7. The number of benzene rings is 1. The van der Waals surface area contributed by atoms with E-state index in [1.807, 2.05) is 24.3 Å². The van der Waals surface area contributed by atoms with Crippen molar-refractivity contribution in [1.29, 1.82) is 0 Å². The first-order valence-corrected chi connectivity index (χ1v) is 7.69. The van der Waals surface area contributed by atoms with Gasteiger partial charge in [-0.2, -0.15) is 0 Å². The molecule has 0 saturated carbocycles. The molecular weight excluding hydrogens is 314 g/mol. The van der Waals surface area contributed by atoms with Gasteiger partial charge in [-0.25, -0.2) is 18.7 Å². The van der Waals surface area contributed by atoms with E-state index in [9.17, 15) is 8.78 Å². The molecule has 7 heteroatoms. The van der Waals surface area contributed by atoms with Gasteiger partial charge >= 0.3 is 0 Å². The lowest BCUT2D eigenvalue weighted by molar-refractivity contribution is -0.0688. The Labute approximate surface area is 139 Å². The second kappa shape index (κ2) is 5.98. The highest BCUT2D eigenvalue weighted by atomic mass is 19.3. The zero-order valence-corrected chi connectivity index (χ0v) is 13.7. The smallest absolute Gasteiger partial charge is 0.273 e. The molecule has 3 rings (SSSR count). The van der Waals surface area contributed by atoms with Crippen LogP contribution in [0.4, 0.5) is 14.7 Å². The summed E-state index contributed by atoms with van der Waals surface area (Å²) in [6.45, 7) is 1.09. The summed E-state index contributed by atoms with van der Waals surface area (Å²) in [7, 11) is 1.58. The van der Waals surface area contributed by atoms with Crippen LogP contribution in [0.25, 0.3) is 11.3 Å². The van der Waals surface area contributed by atoms with Crippen molar-refractivity contribution >= 4 is 5.95 Å². The van der Waals surface area contributed by atoms with Gasteiger partial charge in [0, 0.05) is 24.8 Å². The van der Waals surface area contributed by atoms with E-state index in [2.05, 4.69) is 9.97 Å². The normalized spacial score (nSPS) is 22.6. The van der Waals surface area contributed by atoms with Gasteiger partial charge in [-0.15, -0.1) is 0 Å². The number of nitrogens with two attached hydrogens (primary N) is 1. The molecule has 2 aromatic rings. The van der Waals surface area contributed by atoms with Gasteiger partial charge in [0.1, 0.15) is 5.75 Å². The average molecular weight is 334 g/mol. The molecule has 0 bridgehead atoms. The van der Waals surface area contributed by atoms with Crippen LogP contribution in [0.1, 0.15) is 6.92 Å². The van der Waals surface area contributed by atoms with Crippen molar-refractivity contribution in [3.63, 3.8) is 0 Å². The number of hydrogen-bond acceptors (Lipinski definition) is 5. The highest BCUT2D eigenvalue weighted by Gasteiger charge is 2.57. The summed E-state index contributed by atoms with van der Waals surface area (Å²) in [6, 6.07) is 9.16. The molecule has 1 atom stereocenters. The molecular formula is C17H20F2N4O. The van der Waals surface area contributed by atoms with Crippen LogP contribution < -0.4 is 15.4 Å². The summed E-state index contributed by atoms with van der Waals surface area (Å²) >= 11 is 0. The Morgan fingerprint density at radius 2 is 2.00 bits per heavy atom. The van der Waals surface area contributed by atoms with E-state index >= 15 is 0 Å². The van der Waals surface area contributed by atoms with E-state index in [1.54, 1.807) is 19.4 Å². The minimum Gasteiger partial charge on any atom is -0.496 e. The number of ether oxygens (including phenoxy) is 1. The topological polar surface area (TPSA) is 64.3 Å². The van der Waals surface area contributed by atoms with Crippen molar-refractivity contribution in [2.24, 2.45) is 11.1 Å². The Morgan fingerprint density at radius 3 is 2.67 bits per heavy atom. The average Bonchev–Trinajstić information content (AvgIpc) is 2.85. The lowest BCUT2D eigenvalue weighted by Crippen LogP contribution is -2.43. The number of anilines is 1. The molecule has 0 spiro atoms. The third-order valence-corrected chi connectivity index (χ3v) is 4.57. The minimum absolute atomic E-state index is 0.0945. The molecule has 1 aliphatic rings. The molecule has 1 fully saturated rings. The van der Waals surface area contributed by atoms with Gasteiger partial charge in [-0.3, -0.25) is 0 Å². The molecule has 2 N–H and O–H groups in total. The summed E-state index contributed by atoms with van der Waals surface area (Å²) in [5.41, 5.74) is 5.71. The molecule has 24 heavy (non-hydrogen) atoms. The molecule has 5 nitrogen and oxygen atoms in total. The predicted molar refractivity (Wildman–Crippen MR) is 88.3 cm³/mol. The summed E-state index contributed by atoms with van der Waals surface area (Å²) < 4.78 is 33.9. The van der Waals surface area contributed by atoms with Gasteiger partial charge in [-0.1, -0.05) is 19.1 Å². The number of halogens is 2. The highest BCUT2D eigenvalue weighted by Crippen LogP contribution is 2.43. The van der Waals surface area contributed by atoms with Gasteiger partial charge in [0.05, 0.1) is 24.8 Å².